The van der Waals surface area contributed by atoms with Crippen LogP contribution in [0.5, 0.6) is 0 Å². The lowest BCUT2D eigenvalue weighted by molar-refractivity contribution is 0.0957. The molecule has 1 aliphatic heterocycles. The Balaban J connectivity index is 0.00000220. The van der Waals surface area contributed by atoms with E-state index in [0.717, 1.165) is 13.1 Å². The Bertz CT molecular complexity index is 509. The summed E-state index contributed by atoms with van der Waals surface area (Å²) in [6.45, 7) is 0.187. The number of carbonyl (C=O) groups is 1. The van der Waals surface area contributed by atoms with Crippen LogP contribution in [0.25, 0.3) is 0 Å². The van der Waals surface area contributed by atoms with Gasteiger partial charge in [-0.1, -0.05) is 0 Å². The van der Waals surface area contributed by atoms with E-state index in [0.29, 0.717) is 18.8 Å². The molecule has 0 atom stereocenters. The third-order valence-corrected chi connectivity index (χ3v) is 2.63. The maximum atomic E-state index is 13.9. The summed E-state index contributed by atoms with van der Waals surface area (Å²) in [5.41, 5.74) is 0.0643. The zero-order chi connectivity index (χ0) is 14.8. The number of hydrogen-bond donors (Lipinski definition) is 2. The molecule has 1 saturated heterocycles. The van der Waals surface area contributed by atoms with Crippen molar-refractivity contribution in [3.8, 4) is 0 Å². The molecule has 0 aliphatic carbocycles. The predicted molar refractivity (Wildman–Crippen MR) is 69.9 cm³/mol. The van der Waals surface area contributed by atoms with E-state index in [2.05, 4.69) is 10.3 Å². The maximum absolute atomic E-state index is 13.9. The number of anilines is 1. The van der Waals surface area contributed by atoms with Crippen molar-refractivity contribution in [3.63, 3.8) is 0 Å². The van der Waals surface area contributed by atoms with Crippen LogP contribution in [0, 0.1) is 5.95 Å². The monoisotopic (exact) mass is 277 g/mol. The number of rotatable bonds is 2. The first-order valence-electron chi connectivity index (χ1n) is 6.81. The molecule has 5 nitrogen and oxygen atoms in total. The Morgan fingerprint density at radius 2 is 2.28 bits per heavy atom. The van der Waals surface area contributed by atoms with Crippen LogP contribution in [-0.4, -0.2) is 44.0 Å². The van der Waals surface area contributed by atoms with Gasteiger partial charge in [0.05, 0.1) is 5.69 Å². The van der Waals surface area contributed by atoms with Crippen molar-refractivity contribution in [2.75, 3.05) is 38.1 Å². The van der Waals surface area contributed by atoms with E-state index in [4.69, 9.17) is 4.11 Å². The van der Waals surface area contributed by atoms with Crippen molar-refractivity contribution in [2.45, 2.75) is 0 Å². The number of halogens is 2. The Morgan fingerprint density at radius 3 is 2.89 bits per heavy atom. The van der Waals surface area contributed by atoms with Crippen LogP contribution in [0.3, 0.4) is 0 Å². The summed E-state index contributed by atoms with van der Waals surface area (Å²) in [5, 5.41) is 4.92. The molecule has 0 aromatic carbocycles. The van der Waals surface area contributed by atoms with Crippen LogP contribution in [0.15, 0.2) is 12.1 Å². The van der Waals surface area contributed by atoms with Crippen LogP contribution in [0.1, 0.15) is 14.6 Å². The van der Waals surface area contributed by atoms with Gasteiger partial charge in [0.2, 0.25) is 5.95 Å². The van der Waals surface area contributed by atoms with E-state index in [1.165, 1.54) is 12.1 Å². The second-order valence-electron chi connectivity index (χ2n) is 3.70. The van der Waals surface area contributed by atoms with Crippen molar-refractivity contribution in [2.24, 2.45) is 0 Å². The molecular weight excluding hydrogens is 259 g/mol. The Hall–Kier alpha value is -1.40. The molecule has 1 fully saturated rings. The minimum absolute atomic E-state index is 0. The maximum Gasteiger partial charge on any atom is 0.269 e. The molecule has 7 heteroatoms. The van der Waals surface area contributed by atoms with Crippen molar-refractivity contribution in [3.05, 3.63) is 23.8 Å². The van der Waals surface area contributed by atoms with Gasteiger partial charge in [0.1, 0.15) is 5.69 Å². The third kappa shape index (κ3) is 3.08. The molecule has 18 heavy (non-hydrogen) atoms. The van der Waals surface area contributed by atoms with Gasteiger partial charge in [-0.3, -0.25) is 4.79 Å². The van der Waals surface area contributed by atoms with E-state index >= 15 is 0 Å². The summed E-state index contributed by atoms with van der Waals surface area (Å²) < 4.78 is 34.7. The average Bonchev–Trinajstić information content (AvgIpc) is 2.37. The lowest BCUT2D eigenvalue weighted by Gasteiger charge is -2.29. The number of piperazine rings is 1. The van der Waals surface area contributed by atoms with Crippen LogP contribution >= 0.6 is 12.4 Å². The molecule has 100 valence electrons. The highest BCUT2D eigenvalue weighted by Gasteiger charge is 2.17. The van der Waals surface area contributed by atoms with Crippen LogP contribution in [0.2, 0.25) is 0 Å². The molecule has 1 aromatic heterocycles. The first-order valence-corrected chi connectivity index (χ1v) is 5.31. The van der Waals surface area contributed by atoms with Gasteiger partial charge in [-0.2, -0.15) is 4.39 Å². The van der Waals surface area contributed by atoms with Gasteiger partial charge < -0.3 is 15.5 Å². The first kappa shape index (κ1) is 10.5. The molecule has 0 spiro atoms. The number of amides is 1. The molecule has 2 N–H and O–H groups in total. The minimum atomic E-state index is -2.62. The Labute approximate surface area is 115 Å². The van der Waals surface area contributed by atoms with Gasteiger partial charge in [0, 0.05) is 37.3 Å². The quantitative estimate of drug-likeness (QED) is 0.769. The first-order chi connectivity index (χ1) is 9.37. The summed E-state index contributed by atoms with van der Waals surface area (Å²) >= 11 is 0. The minimum Gasteiger partial charge on any atom is -0.365 e. The van der Waals surface area contributed by atoms with Gasteiger partial charge >= 0.3 is 0 Å². The second kappa shape index (κ2) is 6.51. The molecule has 0 radical (unpaired) electrons. The fourth-order valence-electron chi connectivity index (χ4n) is 1.76. The third-order valence-electron chi connectivity index (χ3n) is 2.63. The topological polar surface area (TPSA) is 57.3 Å². The van der Waals surface area contributed by atoms with Gasteiger partial charge in [-0.05, 0) is 12.1 Å². The second-order valence-corrected chi connectivity index (χ2v) is 3.70. The number of hydrogen-bond acceptors (Lipinski definition) is 4. The summed E-state index contributed by atoms with van der Waals surface area (Å²) in [5.74, 6) is -1.69. The fourth-order valence-corrected chi connectivity index (χ4v) is 1.76. The highest BCUT2D eigenvalue weighted by atomic mass is 35.5. The molecule has 2 rings (SSSR count). The average molecular weight is 278 g/mol. The predicted octanol–water partition coefficient (Wildman–Crippen LogP) is 0.412. The Morgan fingerprint density at radius 1 is 1.56 bits per heavy atom. The largest absolute Gasteiger partial charge is 0.365 e. The van der Waals surface area contributed by atoms with Gasteiger partial charge in [0.15, 0.2) is 0 Å². The van der Waals surface area contributed by atoms with Crippen LogP contribution < -0.4 is 15.5 Å². The number of nitrogens with zero attached hydrogens (tertiary/aromatic N) is 2. The van der Waals surface area contributed by atoms with Gasteiger partial charge in [0.25, 0.3) is 5.91 Å². The van der Waals surface area contributed by atoms with Crippen molar-refractivity contribution < 1.29 is 13.3 Å². The molecule has 2 heterocycles. The normalized spacial score (nSPS) is 18.1. The fraction of sp³-hybridized carbons (Fsp3) is 0.455. The molecule has 1 amide bonds. The van der Waals surface area contributed by atoms with E-state index in [9.17, 15) is 9.18 Å². The summed E-state index contributed by atoms with van der Waals surface area (Å²) in [6, 6.07) is 2.77. The summed E-state index contributed by atoms with van der Waals surface area (Å²) in [6.07, 6.45) is 0. The van der Waals surface area contributed by atoms with Crippen LogP contribution in [-0.2, 0) is 0 Å². The molecule has 1 aromatic rings. The standard InChI is InChI=1S/C11H15FN4O.ClH/c1-13-11(17)8-2-3-9(10(12)15-8)16-6-4-14-5-7-16;/h2-3,14H,4-7H2,1H3,(H,13,17);1H/i1D3;. The number of nitrogens with one attached hydrogen (secondary N) is 2. The highest BCUT2D eigenvalue weighted by Crippen LogP contribution is 2.18. The number of aromatic nitrogens is 1. The lowest BCUT2D eigenvalue weighted by Crippen LogP contribution is -2.44. The highest BCUT2D eigenvalue weighted by molar-refractivity contribution is 5.92. The van der Waals surface area contributed by atoms with E-state index < -0.39 is 18.8 Å². The molecule has 0 bridgehead atoms. The van der Waals surface area contributed by atoms with Crippen molar-refractivity contribution in [1.82, 2.24) is 15.6 Å². The van der Waals surface area contributed by atoms with E-state index in [1.54, 1.807) is 5.32 Å². The summed E-state index contributed by atoms with van der Waals surface area (Å²) in [7, 11) is 0. The zero-order valence-corrected chi connectivity index (χ0v) is 10.4. The molecule has 1 aliphatic rings. The molecule has 0 saturated carbocycles. The number of carbonyl (C=O) groups excluding carboxylic acids is 1. The smallest absolute Gasteiger partial charge is 0.269 e. The van der Waals surface area contributed by atoms with Crippen molar-refractivity contribution >= 4 is 24.0 Å². The van der Waals surface area contributed by atoms with E-state index in [1.807, 2.05) is 4.90 Å². The lowest BCUT2D eigenvalue weighted by atomic mass is 10.2. The van der Waals surface area contributed by atoms with E-state index in [-0.39, 0.29) is 18.1 Å². The number of pyridine rings is 1. The Kier molecular flexibility index (Phi) is 3.80. The van der Waals surface area contributed by atoms with Gasteiger partial charge in [-0.25, -0.2) is 4.98 Å². The van der Waals surface area contributed by atoms with Crippen LogP contribution in [0.4, 0.5) is 10.1 Å². The zero-order valence-electron chi connectivity index (χ0n) is 12.6. The molecule has 0 unspecified atom stereocenters. The van der Waals surface area contributed by atoms with Crippen molar-refractivity contribution in [1.29, 1.82) is 0 Å². The summed E-state index contributed by atoms with van der Waals surface area (Å²) in [4.78, 5) is 16.9. The SMILES string of the molecule is Cl.[2H]C([2H])([2H])NC(=O)c1ccc(N2CCNCC2)c(F)n1. The molecular formula is C11H16ClFN4O. The van der Waals surface area contributed by atoms with Gasteiger partial charge in [-0.15, -0.1) is 12.4 Å².